The smallest absolute Gasteiger partial charge is 0.325 e. The van der Waals surface area contributed by atoms with Gasteiger partial charge in [0.05, 0.1) is 0 Å². The average Bonchev–Trinajstić information content (AvgIpc) is 3.37. The molecule has 0 bridgehead atoms. The number of nitrogens with zero attached hydrogens (tertiary/aromatic N) is 5. The lowest BCUT2D eigenvalue weighted by molar-refractivity contribution is -0.124. The number of ether oxygens (including phenoxy) is 1. The van der Waals surface area contributed by atoms with E-state index in [0.717, 1.165) is 23.3 Å². The van der Waals surface area contributed by atoms with Gasteiger partial charge in [0.15, 0.2) is 11.9 Å². The average molecular weight is 432 g/mol. The van der Waals surface area contributed by atoms with Crippen LogP contribution in [-0.4, -0.2) is 51.2 Å². The van der Waals surface area contributed by atoms with Crippen LogP contribution in [0.4, 0.5) is 10.7 Å². The normalized spacial score (nSPS) is 19.6. The number of hydrogen-bond acceptors (Lipinski definition) is 6. The van der Waals surface area contributed by atoms with Crippen molar-refractivity contribution in [2.75, 3.05) is 18.5 Å². The van der Waals surface area contributed by atoms with E-state index >= 15 is 0 Å². The molecule has 2 aromatic carbocycles. The van der Waals surface area contributed by atoms with Gasteiger partial charge in [-0.1, -0.05) is 37.3 Å². The first-order valence-electron chi connectivity index (χ1n) is 10.6. The highest BCUT2D eigenvalue weighted by Crippen LogP contribution is 2.40. The number of carbonyl (C=O) groups is 2. The summed E-state index contributed by atoms with van der Waals surface area (Å²) in [6, 6.07) is 16.6. The molecular weight excluding hydrogens is 408 g/mol. The molecule has 2 aliphatic rings. The third-order valence-corrected chi connectivity index (χ3v) is 5.86. The minimum atomic E-state index is -0.532. The van der Waals surface area contributed by atoms with Crippen LogP contribution in [0.5, 0.6) is 5.75 Å². The topological polar surface area (TPSA) is 92.6 Å². The van der Waals surface area contributed by atoms with Gasteiger partial charge in [-0.25, -0.2) is 4.79 Å². The summed E-state index contributed by atoms with van der Waals surface area (Å²) in [6.45, 7) is 3.16. The number of carbonyl (C=O) groups excluding carboxylic acids is 2. The molecule has 3 aromatic rings. The molecule has 9 heteroatoms. The summed E-state index contributed by atoms with van der Waals surface area (Å²) in [5.41, 5.74) is 1.93. The van der Waals surface area contributed by atoms with Crippen molar-refractivity contribution in [1.29, 1.82) is 0 Å². The van der Waals surface area contributed by atoms with Crippen molar-refractivity contribution in [2.45, 2.75) is 32.2 Å². The number of hydrogen-bond donors (Lipinski definition) is 1. The molecule has 1 aromatic heterocycles. The minimum absolute atomic E-state index is 0.312. The summed E-state index contributed by atoms with van der Waals surface area (Å²) in [6.07, 6.45) is 0.334. The zero-order valence-electron chi connectivity index (χ0n) is 17.9. The molecule has 0 spiro atoms. The van der Waals surface area contributed by atoms with Crippen LogP contribution in [0.3, 0.4) is 0 Å². The van der Waals surface area contributed by atoms with E-state index in [-0.39, 0.29) is 5.91 Å². The lowest BCUT2D eigenvalue weighted by Crippen LogP contribution is -2.61. The number of likely N-dealkylation sites (N-methyl/N-ethyl adjacent to an activating group) is 1. The summed E-state index contributed by atoms with van der Waals surface area (Å²) in [5, 5.41) is 11.2. The van der Waals surface area contributed by atoms with Gasteiger partial charge in [-0.15, -0.1) is 10.2 Å². The van der Waals surface area contributed by atoms with Gasteiger partial charge in [0, 0.05) is 19.2 Å². The SMILES string of the molecule is CCCN1c2nnc(-c3ccc(OCc4ccccc4)cc3)n2C2C1C(=O)NC(=O)N2C. The maximum absolute atomic E-state index is 12.7. The van der Waals surface area contributed by atoms with Crippen molar-refractivity contribution in [2.24, 2.45) is 0 Å². The maximum Gasteiger partial charge on any atom is 0.325 e. The summed E-state index contributed by atoms with van der Waals surface area (Å²) < 4.78 is 7.77. The molecule has 2 aliphatic heterocycles. The van der Waals surface area contributed by atoms with Crippen molar-refractivity contribution < 1.29 is 14.3 Å². The number of aromatic nitrogens is 3. The zero-order chi connectivity index (χ0) is 22.2. The van der Waals surface area contributed by atoms with Crippen LogP contribution in [0.15, 0.2) is 54.6 Å². The summed E-state index contributed by atoms with van der Waals surface area (Å²) in [4.78, 5) is 28.5. The third kappa shape index (κ3) is 3.26. The molecule has 3 amide bonds. The Labute approximate surface area is 185 Å². The van der Waals surface area contributed by atoms with Gasteiger partial charge >= 0.3 is 6.03 Å². The molecule has 0 radical (unpaired) electrons. The van der Waals surface area contributed by atoms with Crippen molar-refractivity contribution >= 4 is 17.9 Å². The predicted octanol–water partition coefficient (Wildman–Crippen LogP) is 2.80. The van der Waals surface area contributed by atoms with E-state index in [4.69, 9.17) is 4.74 Å². The first-order valence-corrected chi connectivity index (χ1v) is 10.6. The fraction of sp³-hybridized carbons (Fsp3) is 0.304. The maximum atomic E-state index is 12.7. The molecule has 164 valence electrons. The second-order valence-electron chi connectivity index (χ2n) is 7.95. The Bertz CT molecular complexity index is 1140. The Balaban J connectivity index is 1.44. The van der Waals surface area contributed by atoms with Crippen molar-refractivity contribution in [3.8, 4) is 17.1 Å². The second-order valence-corrected chi connectivity index (χ2v) is 7.95. The first kappa shape index (κ1) is 20.0. The molecule has 0 aliphatic carbocycles. The standard InChI is InChI=1S/C23H24N6O3/c1-3-13-28-18-20(30)24-23(31)27(2)21(18)29-19(25-26-22(28)29)16-9-11-17(12-10-16)32-14-15-7-5-4-6-8-15/h4-12,18,21H,3,13-14H2,1-2H3,(H,24,30,31). The number of benzene rings is 2. The molecule has 2 atom stereocenters. The van der Waals surface area contributed by atoms with Crippen LogP contribution in [0, 0.1) is 0 Å². The van der Waals surface area contributed by atoms with E-state index in [9.17, 15) is 9.59 Å². The second kappa shape index (κ2) is 7.99. The van der Waals surface area contributed by atoms with Gasteiger partial charge in [-0.3, -0.25) is 14.7 Å². The third-order valence-electron chi connectivity index (χ3n) is 5.86. The van der Waals surface area contributed by atoms with Crippen LogP contribution in [0.25, 0.3) is 11.4 Å². The molecule has 5 rings (SSSR count). The molecule has 3 heterocycles. The van der Waals surface area contributed by atoms with Gasteiger partial charge in [0.1, 0.15) is 18.5 Å². The summed E-state index contributed by atoms with van der Waals surface area (Å²) >= 11 is 0. The summed E-state index contributed by atoms with van der Waals surface area (Å²) in [7, 11) is 1.68. The Hall–Kier alpha value is -3.88. The Morgan fingerprint density at radius 1 is 1.03 bits per heavy atom. The van der Waals surface area contributed by atoms with Gasteiger partial charge in [0.2, 0.25) is 5.95 Å². The highest BCUT2D eigenvalue weighted by Gasteiger charge is 2.52. The number of nitrogens with one attached hydrogen (secondary N) is 1. The minimum Gasteiger partial charge on any atom is -0.489 e. The summed E-state index contributed by atoms with van der Waals surface area (Å²) in [5.74, 6) is 1.64. The molecule has 0 saturated carbocycles. The Kier molecular flexibility index (Phi) is 5.01. The van der Waals surface area contributed by atoms with E-state index in [1.165, 1.54) is 4.90 Å². The Morgan fingerprint density at radius 3 is 2.50 bits per heavy atom. The van der Waals surface area contributed by atoms with Gasteiger partial charge in [-0.05, 0) is 36.2 Å². The van der Waals surface area contributed by atoms with Crippen molar-refractivity contribution in [3.05, 3.63) is 60.2 Å². The molecular formula is C23H24N6O3. The molecule has 1 saturated heterocycles. The van der Waals surface area contributed by atoms with Crippen LogP contribution >= 0.6 is 0 Å². The highest BCUT2D eigenvalue weighted by atomic mass is 16.5. The van der Waals surface area contributed by atoms with Crippen LogP contribution < -0.4 is 15.0 Å². The number of imide groups is 1. The van der Waals surface area contributed by atoms with Crippen LogP contribution in [-0.2, 0) is 11.4 Å². The van der Waals surface area contributed by atoms with E-state index in [1.54, 1.807) is 7.05 Å². The number of anilines is 1. The number of amides is 3. The van der Waals surface area contributed by atoms with E-state index in [1.807, 2.05) is 71.0 Å². The Morgan fingerprint density at radius 2 is 1.78 bits per heavy atom. The van der Waals surface area contributed by atoms with Gasteiger partial charge in [-0.2, -0.15) is 0 Å². The quantitative estimate of drug-likeness (QED) is 0.644. The molecule has 32 heavy (non-hydrogen) atoms. The first-order chi connectivity index (χ1) is 15.6. The fourth-order valence-electron chi connectivity index (χ4n) is 4.32. The lowest BCUT2D eigenvalue weighted by Gasteiger charge is -2.36. The fourth-order valence-corrected chi connectivity index (χ4v) is 4.32. The van der Waals surface area contributed by atoms with Gasteiger partial charge in [0.25, 0.3) is 5.91 Å². The van der Waals surface area contributed by atoms with E-state index in [2.05, 4.69) is 15.5 Å². The van der Waals surface area contributed by atoms with E-state index in [0.29, 0.717) is 24.9 Å². The zero-order valence-corrected chi connectivity index (χ0v) is 17.9. The van der Waals surface area contributed by atoms with Crippen LogP contribution in [0.1, 0.15) is 25.1 Å². The van der Waals surface area contributed by atoms with Gasteiger partial charge < -0.3 is 14.5 Å². The lowest BCUT2D eigenvalue weighted by atomic mass is 10.1. The van der Waals surface area contributed by atoms with Crippen molar-refractivity contribution in [3.63, 3.8) is 0 Å². The molecule has 1 fully saturated rings. The van der Waals surface area contributed by atoms with Crippen molar-refractivity contribution in [1.82, 2.24) is 25.0 Å². The molecule has 1 N–H and O–H groups in total. The monoisotopic (exact) mass is 432 g/mol. The molecule has 2 unspecified atom stereocenters. The van der Waals surface area contributed by atoms with E-state index < -0.39 is 18.2 Å². The number of fused-ring (bicyclic) bond motifs is 3. The predicted molar refractivity (Wildman–Crippen MR) is 118 cm³/mol. The van der Waals surface area contributed by atoms with Crippen LogP contribution in [0.2, 0.25) is 0 Å². The largest absolute Gasteiger partial charge is 0.489 e. The highest BCUT2D eigenvalue weighted by molar-refractivity contribution is 6.02. The molecule has 9 nitrogen and oxygen atoms in total. The number of urea groups is 1. The number of rotatable bonds is 6.